The number of non-ortho nitro benzene ring substituents is 1. The molecule has 0 aliphatic rings. The highest BCUT2D eigenvalue weighted by Gasteiger charge is 2.35. The van der Waals surface area contributed by atoms with E-state index in [-0.39, 0.29) is 12.2 Å². The van der Waals surface area contributed by atoms with Crippen molar-refractivity contribution in [3.63, 3.8) is 0 Å². The summed E-state index contributed by atoms with van der Waals surface area (Å²) in [7, 11) is 0. The zero-order chi connectivity index (χ0) is 15.3. The smallest absolute Gasteiger partial charge is 0.393 e. The van der Waals surface area contributed by atoms with Crippen LogP contribution in [0.15, 0.2) is 18.2 Å². The van der Waals surface area contributed by atoms with Crippen molar-refractivity contribution in [3.05, 3.63) is 33.9 Å². The first-order valence-corrected chi connectivity index (χ1v) is 6.03. The predicted octanol–water partition coefficient (Wildman–Crippen LogP) is 3.19. The highest BCUT2D eigenvalue weighted by atomic mass is 19.4. The average Bonchev–Trinajstić information content (AvgIpc) is 2.37. The van der Waals surface area contributed by atoms with Gasteiger partial charge in [0.1, 0.15) is 0 Å². The second kappa shape index (κ2) is 6.56. The molecule has 8 heteroatoms. The molecule has 0 radical (unpaired) electrons. The van der Waals surface area contributed by atoms with E-state index in [4.69, 9.17) is 0 Å². The number of alkyl halides is 3. The minimum absolute atomic E-state index is 0.149. The van der Waals surface area contributed by atoms with Gasteiger partial charge in [0.15, 0.2) is 0 Å². The molecular weight excluding hydrogens is 277 g/mol. The van der Waals surface area contributed by atoms with Crippen molar-refractivity contribution in [1.82, 2.24) is 0 Å². The molecule has 20 heavy (non-hydrogen) atoms. The van der Waals surface area contributed by atoms with Crippen LogP contribution in [-0.2, 0) is 6.18 Å². The molecule has 0 aliphatic carbocycles. The highest BCUT2D eigenvalue weighted by Crippen LogP contribution is 2.37. The van der Waals surface area contributed by atoms with Gasteiger partial charge in [-0.15, -0.1) is 0 Å². The predicted molar refractivity (Wildman–Crippen MR) is 67.5 cm³/mol. The van der Waals surface area contributed by atoms with Crippen molar-refractivity contribution < 1.29 is 23.2 Å². The topological polar surface area (TPSA) is 75.4 Å². The van der Waals surface area contributed by atoms with Crippen molar-refractivity contribution in [3.8, 4) is 0 Å². The molecule has 1 unspecified atom stereocenters. The van der Waals surface area contributed by atoms with E-state index in [2.05, 4.69) is 5.32 Å². The number of nitro groups is 1. The number of rotatable bonds is 6. The van der Waals surface area contributed by atoms with Gasteiger partial charge in [0, 0.05) is 24.4 Å². The van der Waals surface area contributed by atoms with Crippen molar-refractivity contribution >= 4 is 11.4 Å². The number of benzene rings is 1. The minimum Gasteiger partial charge on any atom is -0.393 e. The summed E-state index contributed by atoms with van der Waals surface area (Å²) >= 11 is 0. The maximum Gasteiger partial charge on any atom is 0.418 e. The van der Waals surface area contributed by atoms with Gasteiger partial charge in [-0.2, -0.15) is 13.2 Å². The molecule has 112 valence electrons. The van der Waals surface area contributed by atoms with E-state index in [1.54, 1.807) is 6.92 Å². The second-order valence-corrected chi connectivity index (χ2v) is 4.26. The Hall–Kier alpha value is -1.83. The van der Waals surface area contributed by atoms with E-state index in [0.717, 1.165) is 12.1 Å². The van der Waals surface area contributed by atoms with Gasteiger partial charge in [0.05, 0.1) is 16.6 Å². The normalized spacial score (nSPS) is 13.1. The van der Waals surface area contributed by atoms with Gasteiger partial charge in [0.2, 0.25) is 0 Å². The fraction of sp³-hybridized carbons (Fsp3) is 0.500. The van der Waals surface area contributed by atoms with Gasteiger partial charge >= 0.3 is 6.18 Å². The number of halogens is 3. The van der Waals surface area contributed by atoms with Gasteiger partial charge in [0.25, 0.3) is 5.69 Å². The third-order valence-electron chi connectivity index (χ3n) is 2.78. The molecule has 0 heterocycles. The summed E-state index contributed by atoms with van der Waals surface area (Å²) in [6, 6.07) is 2.53. The molecule has 0 saturated carbocycles. The number of hydrogen-bond donors (Lipinski definition) is 2. The lowest BCUT2D eigenvalue weighted by atomic mass is 10.1. The largest absolute Gasteiger partial charge is 0.418 e. The second-order valence-electron chi connectivity index (χ2n) is 4.26. The zero-order valence-corrected chi connectivity index (χ0v) is 10.8. The van der Waals surface area contributed by atoms with E-state index < -0.39 is 28.5 Å². The van der Waals surface area contributed by atoms with E-state index in [9.17, 15) is 28.4 Å². The molecule has 0 fully saturated rings. The number of hydrogen-bond acceptors (Lipinski definition) is 4. The highest BCUT2D eigenvalue weighted by molar-refractivity contribution is 5.57. The summed E-state index contributed by atoms with van der Waals surface area (Å²) in [4.78, 5) is 9.64. The van der Waals surface area contributed by atoms with E-state index in [1.807, 2.05) is 0 Å². The summed E-state index contributed by atoms with van der Waals surface area (Å²) in [5.41, 5.74) is -1.93. The SMILES string of the molecule is CCC(O)CCNc1ccc([N+](=O)[O-])cc1C(F)(F)F. The standard InChI is InChI=1S/C12H15F3N2O3/c1-2-9(18)5-6-16-11-4-3-8(17(19)20)7-10(11)12(13,14)15/h3-4,7,9,16,18H,2,5-6H2,1H3. The number of nitro benzene ring substituents is 1. The lowest BCUT2D eigenvalue weighted by molar-refractivity contribution is -0.385. The van der Waals surface area contributed by atoms with Crippen LogP contribution in [0.3, 0.4) is 0 Å². The van der Waals surface area contributed by atoms with Crippen LogP contribution in [0.2, 0.25) is 0 Å². The van der Waals surface area contributed by atoms with Gasteiger partial charge in [-0.3, -0.25) is 10.1 Å². The van der Waals surface area contributed by atoms with Crippen molar-refractivity contribution in [1.29, 1.82) is 0 Å². The maximum absolute atomic E-state index is 12.8. The van der Waals surface area contributed by atoms with Gasteiger partial charge < -0.3 is 10.4 Å². The minimum atomic E-state index is -4.68. The quantitative estimate of drug-likeness (QED) is 0.623. The molecule has 0 aliphatic heterocycles. The Kier molecular flexibility index (Phi) is 5.32. The molecule has 0 amide bonds. The fourth-order valence-corrected chi connectivity index (χ4v) is 1.61. The summed E-state index contributed by atoms with van der Waals surface area (Å²) < 4.78 is 38.5. The van der Waals surface area contributed by atoms with Gasteiger partial charge in [-0.25, -0.2) is 0 Å². The van der Waals surface area contributed by atoms with Gasteiger partial charge in [-0.1, -0.05) is 6.92 Å². The van der Waals surface area contributed by atoms with Crippen LogP contribution in [0.5, 0.6) is 0 Å². The number of anilines is 1. The molecule has 0 aromatic heterocycles. The number of nitrogens with one attached hydrogen (secondary N) is 1. The zero-order valence-electron chi connectivity index (χ0n) is 10.8. The lowest BCUT2D eigenvalue weighted by Gasteiger charge is -2.15. The van der Waals surface area contributed by atoms with Crippen LogP contribution in [-0.4, -0.2) is 22.7 Å². The first-order chi connectivity index (χ1) is 9.25. The molecule has 5 nitrogen and oxygen atoms in total. The van der Waals surface area contributed by atoms with E-state index in [1.165, 1.54) is 0 Å². The Morgan fingerprint density at radius 1 is 1.45 bits per heavy atom. The summed E-state index contributed by atoms with van der Waals surface area (Å²) in [5.74, 6) is 0. The summed E-state index contributed by atoms with van der Waals surface area (Å²) in [5, 5.41) is 22.4. The Labute approximate surface area is 113 Å². The van der Waals surface area contributed by atoms with Crippen LogP contribution < -0.4 is 5.32 Å². The first kappa shape index (κ1) is 16.2. The molecule has 1 aromatic rings. The number of aliphatic hydroxyl groups excluding tert-OH is 1. The Balaban J connectivity index is 2.92. The van der Waals surface area contributed by atoms with Gasteiger partial charge in [-0.05, 0) is 18.9 Å². The summed E-state index contributed by atoms with van der Waals surface area (Å²) in [6.45, 7) is 1.91. The van der Waals surface area contributed by atoms with Crippen LogP contribution in [0, 0.1) is 10.1 Å². The average molecular weight is 292 g/mol. The molecular formula is C12H15F3N2O3. The van der Waals surface area contributed by atoms with Crippen LogP contribution in [0.25, 0.3) is 0 Å². The van der Waals surface area contributed by atoms with Crippen molar-refractivity contribution in [2.75, 3.05) is 11.9 Å². The Bertz CT molecular complexity index is 478. The molecule has 2 N–H and O–H groups in total. The lowest BCUT2D eigenvalue weighted by Crippen LogP contribution is -2.15. The molecule has 1 aromatic carbocycles. The van der Waals surface area contributed by atoms with Crippen molar-refractivity contribution in [2.45, 2.75) is 32.0 Å². The van der Waals surface area contributed by atoms with Crippen LogP contribution in [0.4, 0.5) is 24.5 Å². The maximum atomic E-state index is 12.8. The molecule has 0 saturated heterocycles. The number of aliphatic hydroxyl groups is 1. The third kappa shape index (κ3) is 4.37. The monoisotopic (exact) mass is 292 g/mol. The van der Waals surface area contributed by atoms with Crippen LogP contribution >= 0.6 is 0 Å². The summed E-state index contributed by atoms with van der Waals surface area (Å²) in [6.07, 6.45) is -4.47. The van der Waals surface area contributed by atoms with E-state index in [0.29, 0.717) is 18.9 Å². The van der Waals surface area contributed by atoms with Crippen LogP contribution in [0.1, 0.15) is 25.3 Å². The van der Waals surface area contributed by atoms with Crippen molar-refractivity contribution in [2.24, 2.45) is 0 Å². The fourth-order valence-electron chi connectivity index (χ4n) is 1.61. The Morgan fingerprint density at radius 3 is 2.60 bits per heavy atom. The first-order valence-electron chi connectivity index (χ1n) is 6.03. The molecule has 0 spiro atoms. The van der Waals surface area contributed by atoms with E-state index >= 15 is 0 Å². The Morgan fingerprint density at radius 2 is 2.10 bits per heavy atom. The molecule has 0 bridgehead atoms. The third-order valence-corrected chi connectivity index (χ3v) is 2.78. The number of nitrogens with zero attached hydrogens (tertiary/aromatic N) is 1. The molecule has 1 atom stereocenters. The molecule has 1 rings (SSSR count).